The van der Waals surface area contributed by atoms with Gasteiger partial charge in [0.25, 0.3) is 0 Å². The highest BCUT2D eigenvalue weighted by Crippen LogP contribution is 2.33. The summed E-state index contributed by atoms with van der Waals surface area (Å²) in [5, 5.41) is 12.9. The van der Waals surface area contributed by atoms with E-state index in [1.165, 1.54) is 12.1 Å². The molecule has 1 aliphatic heterocycles. The molecule has 29 heavy (non-hydrogen) atoms. The van der Waals surface area contributed by atoms with Crippen LogP contribution in [0.4, 0.5) is 4.39 Å². The number of benzene rings is 2. The van der Waals surface area contributed by atoms with Crippen molar-refractivity contribution in [3.63, 3.8) is 0 Å². The van der Waals surface area contributed by atoms with E-state index >= 15 is 0 Å². The number of para-hydroxylation sites is 2. The number of hydrogen-bond acceptors (Lipinski definition) is 4. The second kappa shape index (κ2) is 8.82. The molecule has 5 nitrogen and oxygen atoms in total. The summed E-state index contributed by atoms with van der Waals surface area (Å²) >= 11 is 0. The van der Waals surface area contributed by atoms with Gasteiger partial charge in [-0.2, -0.15) is 0 Å². The van der Waals surface area contributed by atoms with E-state index in [4.69, 9.17) is 9.47 Å². The number of carboxylic acids is 1. The first-order valence-electron chi connectivity index (χ1n) is 10.2. The smallest absolute Gasteiger partial charge is 0.306 e. The normalized spacial score (nSPS) is 24.7. The third-order valence-corrected chi connectivity index (χ3v) is 5.87. The van der Waals surface area contributed by atoms with Crippen LogP contribution in [0.2, 0.25) is 0 Å². The molecule has 2 atom stereocenters. The van der Waals surface area contributed by atoms with Crippen molar-refractivity contribution in [3.05, 3.63) is 59.9 Å². The molecule has 154 valence electrons. The predicted octanol–water partition coefficient (Wildman–Crippen LogP) is 3.81. The number of hydrogen-bond donors (Lipinski definition) is 2. The van der Waals surface area contributed by atoms with Gasteiger partial charge in [-0.3, -0.25) is 4.79 Å². The Labute approximate surface area is 169 Å². The molecule has 0 spiro atoms. The SMILES string of the molecule is O=C(O)C1CCC(NC(Cc2ccc(F)cc2)C2COc3ccccc3O2)CC1. The van der Waals surface area contributed by atoms with Crippen LogP contribution in [0.1, 0.15) is 31.2 Å². The summed E-state index contributed by atoms with van der Waals surface area (Å²) in [6, 6.07) is 14.4. The quantitative estimate of drug-likeness (QED) is 0.773. The first-order chi connectivity index (χ1) is 14.1. The molecule has 1 aliphatic carbocycles. The lowest BCUT2D eigenvalue weighted by atomic mass is 9.85. The van der Waals surface area contributed by atoms with Crippen molar-refractivity contribution in [3.8, 4) is 11.5 Å². The van der Waals surface area contributed by atoms with Crippen molar-refractivity contribution in [1.29, 1.82) is 0 Å². The molecule has 2 unspecified atom stereocenters. The van der Waals surface area contributed by atoms with Crippen LogP contribution in [0.5, 0.6) is 11.5 Å². The Balaban J connectivity index is 1.47. The maximum atomic E-state index is 13.3. The van der Waals surface area contributed by atoms with Gasteiger partial charge in [-0.15, -0.1) is 0 Å². The topological polar surface area (TPSA) is 67.8 Å². The van der Waals surface area contributed by atoms with Crippen LogP contribution in [0.3, 0.4) is 0 Å². The Hall–Kier alpha value is -2.60. The Bertz CT molecular complexity index is 833. The molecule has 1 fully saturated rings. The van der Waals surface area contributed by atoms with Crippen LogP contribution in [-0.4, -0.2) is 35.9 Å². The van der Waals surface area contributed by atoms with E-state index < -0.39 is 5.97 Å². The zero-order chi connectivity index (χ0) is 20.2. The Morgan fingerprint density at radius 1 is 1.07 bits per heavy atom. The molecule has 1 heterocycles. The molecule has 2 N–H and O–H groups in total. The highest BCUT2D eigenvalue weighted by molar-refractivity contribution is 5.70. The van der Waals surface area contributed by atoms with E-state index in [1.54, 1.807) is 12.1 Å². The zero-order valence-electron chi connectivity index (χ0n) is 16.2. The third kappa shape index (κ3) is 4.88. The molecular formula is C23H26FNO4. The van der Waals surface area contributed by atoms with Crippen LogP contribution in [0, 0.1) is 11.7 Å². The summed E-state index contributed by atoms with van der Waals surface area (Å²) in [7, 11) is 0. The number of nitrogens with one attached hydrogen (secondary N) is 1. The third-order valence-electron chi connectivity index (χ3n) is 5.87. The van der Waals surface area contributed by atoms with Gasteiger partial charge in [-0.1, -0.05) is 24.3 Å². The molecule has 0 aromatic heterocycles. The molecule has 2 aliphatic rings. The van der Waals surface area contributed by atoms with Gasteiger partial charge in [0.05, 0.1) is 12.0 Å². The second-order valence-corrected chi connectivity index (χ2v) is 7.90. The van der Waals surface area contributed by atoms with Gasteiger partial charge in [-0.25, -0.2) is 4.39 Å². The van der Waals surface area contributed by atoms with E-state index in [9.17, 15) is 14.3 Å². The molecule has 4 rings (SSSR count). The van der Waals surface area contributed by atoms with Crippen LogP contribution in [0.25, 0.3) is 0 Å². The Morgan fingerprint density at radius 2 is 1.76 bits per heavy atom. The summed E-state index contributed by atoms with van der Waals surface area (Å²) in [6.45, 7) is 0.431. The highest BCUT2D eigenvalue weighted by atomic mass is 19.1. The van der Waals surface area contributed by atoms with Crippen molar-refractivity contribution in [2.24, 2.45) is 5.92 Å². The van der Waals surface area contributed by atoms with Gasteiger partial charge in [-0.05, 0) is 61.9 Å². The Kier molecular flexibility index (Phi) is 6.00. The average molecular weight is 399 g/mol. The lowest BCUT2D eigenvalue weighted by Crippen LogP contribution is -2.53. The minimum atomic E-state index is -0.702. The van der Waals surface area contributed by atoms with Crippen LogP contribution in [-0.2, 0) is 11.2 Å². The first kappa shape index (κ1) is 19.7. The number of carboxylic acid groups (broad SMARTS) is 1. The lowest BCUT2D eigenvalue weighted by Gasteiger charge is -2.36. The van der Waals surface area contributed by atoms with Crippen molar-refractivity contribution in [2.75, 3.05) is 6.61 Å². The summed E-state index contributed by atoms with van der Waals surface area (Å²) in [5.41, 5.74) is 1.02. The molecular weight excluding hydrogens is 373 g/mol. The van der Waals surface area contributed by atoms with Gasteiger partial charge in [0, 0.05) is 6.04 Å². The second-order valence-electron chi connectivity index (χ2n) is 7.90. The fraction of sp³-hybridized carbons (Fsp3) is 0.435. The number of halogens is 1. The molecule has 2 aromatic rings. The average Bonchev–Trinajstić information content (AvgIpc) is 2.75. The van der Waals surface area contributed by atoms with E-state index in [0.29, 0.717) is 25.9 Å². The summed E-state index contributed by atoms with van der Waals surface area (Å²) in [4.78, 5) is 11.2. The van der Waals surface area contributed by atoms with Crippen molar-refractivity contribution in [2.45, 2.75) is 50.3 Å². The number of ether oxygens (including phenoxy) is 2. The van der Waals surface area contributed by atoms with Gasteiger partial charge in [0.1, 0.15) is 18.5 Å². The first-order valence-corrected chi connectivity index (χ1v) is 10.2. The number of carbonyl (C=O) groups is 1. The Morgan fingerprint density at radius 3 is 2.45 bits per heavy atom. The molecule has 0 saturated heterocycles. The van der Waals surface area contributed by atoms with Gasteiger partial charge in [0.15, 0.2) is 11.5 Å². The maximum absolute atomic E-state index is 13.3. The largest absolute Gasteiger partial charge is 0.486 e. The van der Waals surface area contributed by atoms with Gasteiger partial charge >= 0.3 is 5.97 Å². The molecule has 1 saturated carbocycles. The molecule has 0 radical (unpaired) electrons. The fourth-order valence-electron chi connectivity index (χ4n) is 4.22. The van der Waals surface area contributed by atoms with Crippen LogP contribution < -0.4 is 14.8 Å². The van der Waals surface area contributed by atoms with Crippen LogP contribution >= 0.6 is 0 Å². The highest BCUT2D eigenvalue weighted by Gasteiger charge is 2.33. The number of rotatable bonds is 6. The number of aliphatic carboxylic acids is 1. The fourth-order valence-corrected chi connectivity index (χ4v) is 4.22. The molecule has 6 heteroatoms. The summed E-state index contributed by atoms with van der Waals surface area (Å²) < 4.78 is 25.5. The van der Waals surface area contributed by atoms with Crippen molar-refractivity contribution < 1.29 is 23.8 Å². The van der Waals surface area contributed by atoms with Gasteiger partial charge in [0.2, 0.25) is 0 Å². The molecule has 0 bridgehead atoms. The predicted molar refractivity (Wildman–Crippen MR) is 107 cm³/mol. The minimum Gasteiger partial charge on any atom is -0.486 e. The number of fused-ring (bicyclic) bond motifs is 1. The lowest BCUT2D eigenvalue weighted by molar-refractivity contribution is -0.142. The molecule has 0 amide bonds. The van der Waals surface area contributed by atoms with Gasteiger partial charge < -0.3 is 19.9 Å². The standard InChI is InChI=1S/C23H26FNO4/c24-17-9-5-15(6-10-17)13-19(25-18-11-7-16(8-12-18)23(26)27)22-14-28-20-3-1-2-4-21(20)29-22/h1-6,9-10,16,18-19,22,25H,7-8,11-14H2,(H,26,27). The zero-order valence-corrected chi connectivity index (χ0v) is 16.2. The van der Waals surface area contributed by atoms with Crippen molar-refractivity contribution in [1.82, 2.24) is 5.32 Å². The molecule has 2 aromatic carbocycles. The maximum Gasteiger partial charge on any atom is 0.306 e. The minimum absolute atomic E-state index is 0.0276. The van der Waals surface area contributed by atoms with E-state index in [2.05, 4.69) is 5.32 Å². The van der Waals surface area contributed by atoms with E-state index in [-0.39, 0.29) is 29.9 Å². The van der Waals surface area contributed by atoms with Crippen LogP contribution in [0.15, 0.2) is 48.5 Å². The van der Waals surface area contributed by atoms with Crippen molar-refractivity contribution >= 4 is 5.97 Å². The monoisotopic (exact) mass is 399 g/mol. The summed E-state index contributed by atoms with van der Waals surface area (Å²) in [5.74, 6) is 0.267. The van der Waals surface area contributed by atoms with E-state index in [0.717, 1.165) is 29.9 Å². The van der Waals surface area contributed by atoms with E-state index in [1.807, 2.05) is 24.3 Å². The summed E-state index contributed by atoms with van der Waals surface area (Å²) in [6.07, 6.45) is 3.49.